The number of hydrogen-bond donors (Lipinski definition) is 2. The van der Waals surface area contributed by atoms with E-state index in [9.17, 15) is 9.59 Å². The van der Waals surface area contributed by atoms with Gasteiger partial charge in [-0.3, -0.25) is 9.59 Å². The topological polar surface area (TPSA) is 115 Å². The van der Waals surface area contributed by atoms with Crippen LogP contribution in [0.2, 0.25) is 0 Å². The van der Waals surface area contributed by atoms with Gasteiger partial charge in [-0.25, -0.2) is 4.68 Å². The zero-order chi connectivity index (χ0) is 19.4. The lowest BCUT2D eigenvalue weighted by Gasteiger charge is -2.22. The van der Waals surface area contributed by atoms with Crippen molar-refractivity contribution in [2.75, 3.05) is 5.32 Å². The van der Waals surface area contributed by atoms with E-state index in [0.717, 1.165) is 5.56 Å². The van der Waals surface area contributed by atoms with E-state index in [-0.39, 0.29) is 17.6 Å². The monoisotopic (exact) mass is 368 g/mol. The fourth-order valence-corrected chi connectivity index (χ4v) is 2.53. The number of rotatable bonds is 6. The largest absolute Gasteiger partial charge is 0.459 e. The zero-order valence-electron chi connectivity index (χ0n) is 15.2. The summed E-state index contributed by atoms with van der Waals surface area (Å²) in [5.41, 5.74) is 2.20. The molecule has 0 aliphatic heterocycles. The highest BCUT2D eigenvalue weighted by Gasteiger charge is 2.26. The van der Waals surface area contributed by atoms with Crippen LogP contribution in [-0.2, 0) is 4.79 Å². The highest BCUT2D eigenvalue weighted by molar-refractivity contribution is 6.00. The van der Waals surface area contributed by atoms with Gasteiger partial charge in [0.25, 0.3) is 5.91 Å². The molecule has 0 saturated heterocycles. The van der Waals surface area contributed by atoms with Gasteiger partial charge in [-0.2, -0.15) is 0 Å². The quantitative estimate of drug-likeness (QED) is 0.687. The molecular formula is C18H20N6O3. The van der Waals surface area contributed by atoms with Crippen LogP contribution in [0.3, 0.4) is 0 Å². The van der Waals surface area contributed by atoms with Crippen molar-refractivity contribution in [3.63, 3.8) is 0 Å². The van der Waals surface area contributed by atoms with Crippen LogP contribution in [0.15, 0.2) is 47.3 Å². The van der Waals surface area contributed by atoms with Gasteiger partial charge in [-0.1, -0.05) is 19.9 Å². The molecule has 9 nitrogen and oxygen atoms in total. The Labute approximate surface area is 155 Å². The van der Waals surface area contributed by atoms with Gasteiger partial charge in [0, 0.05) is 5.69 Å². The van der Waals surface area contributed by atoms with Crippen LogP contribution in [0.1, 0.15) is 30.0 Å². The Kier molecular flexibility index (Phi) is 5.30. The third-order valence-corrected chi connectivity index (χ3v) is 4.07. The summed E-state index contributed by atoms with van der Waals surface area (Å²) in [7, 11) is 0. The molecular weight excluding hydrogens is 348 g/mol. The number of tetrazole rings is 1. The van der Waals surface area contributed by atoms with Crippen molar-refractivity contribution in [2.45, 2.75) is 26.8 Å². The molecule has 1 atom stereocenters. The number of furan rings is 1. The lowest BCUT2D eigenvalue weighted by atomic mass is 10.0. The van der Waals surface area contributed by atoms with E-state index < -0.39 is 11.9 Å². The van der Waals surface area contributed by atoms with E-state index in [2.05, 4.69) is 26.2 Å². The zero-order valence-corrected chi connectivity index (χ0v) is 15.2. The number of nitrogens with one attached hydrogen (secondary N) is 2. The molecule has 1 aromatic carbocycles. The second-order valence-corrected chi connectivity index (χ2v) is 6.42. The highest BCUT2D eigenvalue weighted by Crippen LogP contribution is 2.20. The Bertz CT molecular complexity index is 919. The van der Waals surface area contributed by atoms with Gasteiger partial charge < -0.3 is 15.1 Å². The molecule has 2 heterocycles. The Hall–Kier alpha value is -3.49. The molecule has 0 spiro atoms. The van der Waals surface area contributed by atoms with Crippen LogP contribution in [0.25, 0.3) is 5.69 Å². The highest BCUT2D eigenvalue weighted by atomic mass is 16.3. The Morgan fingerprint density at radius 3 is 2.67 bits per heavy atom. The fraction of sp³-hybridized carbons (Fsp3) is 0.278. The summed E-state index contributed by atoms with van der Waals surface area (Å²) >= 11 is 0. The molecule has 3 aromatic rings. The molecule has 1 unspecified atom stereocenters. The van der Waals surface area contributed by atoms with Crippen molar-refractivity contribution in [1.29, 1.82) is 0 Å². The van der Waals surface area contributed by atoms with Crippen LogP contribution in [0, 0.1) is 12.8 Å². The van der Waals surface area contributed by atoms with Gasteiger partial charge >= 0.3 is 0 Å². The minimum Gasteiger partial charge on any atom is -0.459 e. The van der Waals surface area contributed by atoms with E-state index in [1.165, 1.54) is 17.3 Å². The summed E-state index contributed by atoms with van der Waals surface area (Å²) in [5, 5.41) is 16.7. The third-order valence-electron chi connectivity index (χ3n) is 4.07. The normalized spacial score (nSPS) is 12.0. The van der Waals surface area contributed by atoms with E-state index in [1.54, 1.807) is 18.2 Å². The van der Waals surface area contributed by atoms with Crippen LogP contribution in [0.5, 0.6) is 0 Å². The molecule has 9 heteroatoms. The lowest BCUT2D eigenvalue weighted by Crippen LogP contribution is -2.47. The first-order valence-corrected chi connectivity index (χ1v) is 8.45. The summed E-state index contributed by atoms with van der Waals surface area (Å²) < 4.78 is 6.58. The first-order chi connectivity index (χ1) is 13.0. The van der Waals surface area contributed by atoms with Gasteiger partial charge in [0.2, 0.25) is 5.91 Å². The summed E-state index contributed by atoms with van der Waals surface area (Å²) in [4.78, 5) is 25.0. The summed E-state index contributed by atoms with van der Waals surface area (Å²) in [5.74, 6) is -0.716. The van der Waals surface area contributed by atoms with Crippen LogP contribution < -0.4 is 10.6 Å². The van der Waals surface area contributed by atoms with Crippen LogP contribution >= 0.6 is 0 Å². The van der Waals surface area contributed by atoms with Crippen LogP contribution in [0.4, 0.5) is 5.69 Å². The number of carbonyl (C=O) groups excluding carboxylic acids is 2. The van der Waals surface area contributed by atoms with Crippen molar-refractivity contribution in [3.05, 3.63) is 54.2 Å². The third kappa shape index (κ3) is 4.20. The lowest BCUT2D eigenvalue weighted by molar-refractivity contribution is -0.118. The number of nitrogens with zero attached hydrogens (tertiary/aromatic N) is 4. The summed E-state index contributed by atoms with van der Waals surface area (Å²) in [6.45, 7) is 5.60. The number of aryl methyl sites for hydroxylation is 1. The number of anilines is 1. The summed E-state index contributed by atoms with van der Waals surface area (Å²) in [6, 6.07) is 7.92. The first kappa shape index (κ1) is 18.3. The van der Waals surface area contributed by atoms with Gasteiger partial charge in [0.15, 0.2) is 5.76 Å². The van der Waals surface area contributed by atoms with E-state index >= 15 is 0 Å². The number of carbonyl (C=O) groups is 2. The maximum atomic E-state index is 12.8. The standard InChI is InChI=1S/C18H20N6O3/c1-11(2)16(21-17(25)15-5-4-8-27-15)18(26)20-14-9-13(7-6-12(14)3)24-10-19-22-23-24/h4-11,16H,1-3H3,(H,20,26)(H,21,25). The predicted molar refractivity (Wildman–Crippen MR) is 97.3 cm³/mol. The predicted octanol–water partition coefficient (Wildman–Crippen LogP) is 1.96. The van der Waals surface area contributed by atoms with E-state index in [1.807, 2.05) is 32.9 Å². The van der Waals surface area contributed by atoms with Gasteiger partial charge in [0.1, 0.15) is 12.4 Å². The van der Waals surface area contributed by atoms with Crippen molar-refractivity contribution in [1.82, 2.24) is 25.5 Å². The van der Waals surface area contributed by atoms with Crippen molar-refractivity contribution < 1.29 is 14.0 Å². The molecule has 2 amide bonds. The van der Waals surface area contributed by atoms with Gasteiger partial charge in [-0.05, 0) is 53.1 Å². The molecule has 0 aliphatic carbocycles. The maximum Gasteiger partial charge on any atom is 0.287 e. The van der Waals surface area contributed by atoms with Crippen molar-refractivity contribution >= 4 is 17.5 Å². The average Bonchev–Trinajstić information content (AvgIpc) is 3.34. The molecule has 0 radical (unpaired) electrons. The van der Waals surface area contributed by atoms with E-state index in [4.69, 9.17) is 4.42 Å². The SMILES string of the molecule is Cc1ccc(-n2cnnn2)cc1NC(=O)C(NC(=O)c1ccco1)C(C)C. The minimum absolute atomic E-state index is 0.119. The minimum atomic E-state index is -0.723. The number of hydrogen-bond acceptors (Lipinski definition) is 6. The first-order valence-electron chi connectivity index (χ1n) is 8.45. The number of benzene rings is 1. The molecule has 0 saturated carbocycles. The molecule has 3 rings (SSSR count). The van der Waals surface area contributed by atoms with E-state index in [0.29, 0.717) is 11.4 Å². The second kappa shape index (κ2) is 7.81. The fourth-order valence-electron chi connectivity index (χ4n) is 2.53. The Morgan fingerprint density at radius 1 is 1.22 bits per heavy atom. The summed E-state index contributed by atoms with van der Waals surface area (Å²) in [6.07, 6.45) is 2.88. The molecule has 140 valence electrons. The number of aromatic nitrogens is 4. The number of amides is 2. The van der Waals surface area contributed by atoms with Crippen molar-refractivity contribution in [2.24, 2.45) is 5.92 Å². The molecule has 27 heavy (non-hydrogen) atoms. The Balaban J connectivity index is 1.77. The van der Waals surface area contributed by atoms with Crippen LogP contribution in [-0.4, -0.2) is 38.1 Å². The smallest absolute Gasteiger partial charge is 0.287 e. The van der Waals surface area contributed by atoms with Crippen molar-refractivity contribution in [3.8, 4) is 5.69 Å². The molecule has 2 aromatic heterocycles. The van der Waals surface area contributed by atoms with Gasteiger partial charge in [0.05, 0.1) is 12.0 Å². The average molecular weight is 368 g/mol. The maximum absolute atomic E-state index is 12.8. The molecule has 0 aliphatic rings. The van der Waals surface area contributed by atoms with Gasteiger partial charge in [-0.15, -0.1) is 5.10 Å². The molecule has 0 bridgehead atoms. The second-order valence-electron chi connectivity index (χ2n) is 6.42. The molecule has 2 N–H and O–H groups in total. The molecule has 0 fully saturated rings. The Morgan fingerprint density at radius 2 is 2.04 bits per heavy atom.